The summed E-state index contributed by atoms with van der Waals surface area (Å²) in [6.07, 6.45) is 2.92. The van der Waals surface area contributed by atoms with Crippen LogP contribution >= 0.6 is 42.4 Å². The summed E-state index contributed by atoms with van der Waals surface area (Å²) in [7, 11) is 11.7. The molecule has 0 aliphatic carbocycles. The number of carbonyl (C=O) groups excluding carboxylic acids is 5. The third-order valence-corrected chi connectivity index (χ3v) is 15.0. The van der Waals surface area contributed by atoms with Crippen LogP contribution in [0.2, 0.25) is 5.02 Å². The van der Waals surface area contributed by atoms with Gasteiger partial charge < -0.3 is 43.9 Å². The predicted molar refractivity (Wildman–Crippen MR) is 242 cm³/mol. The van der Waals surface area contributed by atoms with E-state index in [-0.39, 0.29) is 41.3 Å². The van der Waals surface area contributed by atoms with Crippen LogP contribution in [0.3, 0.4) is 0 Å². The van der Waals surface area contributed by atoms with Crippen LogP contribution in [0.5, 0.6) is 5.75 Å². The number of esters is 1. The maximum Gasteiger partial charge on any atom is 0.409 e. The van der Waals surface area contributed by atoms with Gasteiger partial charge in [-0.15, -0.1) is 9.24 Å². The number of epoxide rings is 1. The second-order valence-electron chi connectivity index (χ2n) is 16.1. The lowest BCUT2D eigenvalue weighted by molar-refractivity contribution is -0.162. The Morgan fingerprint density at radius 1 is 1.21 bits per heavy atom. The number of amides is 4. The quantitative estimate of drug-likeness (QED) is 0.0665. The van der Waals surface area contributed by atoms with Crippen molar-refractivity contribution in [2.75, 3.05) is 51.7 Å². The van der Waals surface area contributed by atoms with Gasteiger partial charge in [-0.2, -0.15) is 0 Å². The Bertz CT molecular complexity index is 1830. The van der Waals surface area contributed by atoms with Gasteiger partial charge in [0.05, 0.1) is 25.3 Å². The van der Waals surface area contributed by atoms with E-state index >= 15 is 0 Å². The number of ether oxygens (including phenoxy) is 5. The Morgan fingerprint density at radius 3 is 2.61 bits per heavy atom. The molecule has 0 aromatic heterocycles. The first-order chi connectivity index (χ1) is 28.8. The SMILES string of the molecule is COc1cc2cc(c1Cl)N(C)C(=O)C[C@H](OC(=O)[C@H](C)N(C)C(=O)CCSSC(C)CCC(=O)NCCP)[C@]1(C)O[C@H]1C(C)[C@@H]1C[C@@](O)(NC(=O)O1)[C@H](OC)/C=C/C=C(\C)C2. The smallest absolute Gasteiger partial charge is 0.409 e. The molecule has 2 fully saturated rings. The van der Waals surface area contributed by atoms with Crippen molar-refractivity contribution in [3.8, 4) is 5.75 Å². The largest absolute Gasteiger partial charge is 0.495 e. The Hall–Kier alpha value is -3.05. The Labute approximate surface area is 374 Å². The highest BCUT2D eigenvalue weighted by atomic mass is 35.5. The van der Waals surface area contributed by atoms with Gasteiger partial charge in [0.2, 0.25) is 17.7 Å². The summed E-state index contributed by atoms with van der Waals surface area (Å²) < 4.78 is 29.4. The van der Waals surface area contributed by atoms with Gasteiger partial charge in [0, 0.05) is 63.9 Å². The number of halogens is 1. The molecule has 3 heterocycles. The van der Waals surface area contributed by atoms with E-state index in [1.807, 2.05) is 19.9 Å². The van der Waals surface area contributed by atoms with Gasteiger partial charge in [0.25, 0.3) is 0 Å². The molecule has 0 spiro atoms. The van der Waals surface area contributed by atoms with Gasteiger partial charge in [-0.05, 0) is 57.5 Å². The molecule has 3 N–H and O–H groups in total. The number of anilines is 1. The highest BCUT2D eigenvalue weighted by Gasteiger charge is 2.64. The summed E-state index contributed by atoms with van der Waals surface area (Å²) in [6, 6.07) is 2.57. The lowest BCUT2D eigenvalue weighted by Crippen LogP contribution is -2.63. The predicted octanol–water partition coefficient (Wildman–Crippen LogP) is 5.45. The molecule has 4 rings (SSSR count). The van der Waals surface area contributed by atoms with Gasteiger partial charge in [0.15, 0.2) is 5.72 Å². The lowest BCUT2D eigenvalue weighted by Gasteiger charge is -2.42. The fraction of sp³-hybridized carbons (Fsp3) is 0.643. The molecule has 61 heavy (non-hydrogen) atoms. The van der Waals surface area contributed by atoms with Gasteiger partial charge in [-0.3, -0.25) is 19.7 Å². The van der Waals surface area contributed by atoms with Crippen molar-refractivity contribution < 1.29 is 52.8 Å². The number of nitrogens with zero attached hydrogens (tertiary/aromatic N) is 2. The first-order valence-corrected chi connectivity index (χ1v) is 24.0. The number of carbonyl (C=O) groups is 5. The molecule has 10 atom stereocenters. The number of allylic oxidation sites excluding steroid dienone is 3. The zero-order valence-corrected chi connectivity index (χ0v) is 40.0. The van der Waals surface area contributed by atoms with Crippen molar-refractivity contribution in [1.82, 2.24) is 15.5 Å². The summed E-state index contributed by atoms with van der Waals surface area (Å²) in [6.45, 7) is 9.66. The fourth-order valence-electron chi connectivity index (χ4n) is 7.37. The van der Waals surface area contributed by atoms with E-state index in [4.69, 9.17) is 35.3 Å². The first kappa shape index (κ1) is 50.6. The molecule has 19 heteroatoms. The highest BCUT2D eigenvalue weighted by Crippen LogP contribution is 2.49. The van der Waals surface area contributed by atoms with Crippen molar-refractivity contribution in [3.05, 3.63) is 46.5 Å². The normalized spacial score (nSPS) is 29.1. The highest BCUT2D eigenvalue weighted by molar-refractivity contribution is 8.76. The second kappa shape index (κ2) is 22.5. The molecule has 15 nitrogen and oxygen atoms in total. The van der Waals surface area contributed by atoms with Gasteiger partial charge in [-0.25, -0.2) is 9.59 Å². The van der Waals surface area contributed by atoms with Crippen LogP contribution in [0.15, 0.2) is 35.9 Å². The molecule has 3 unspecified atom stereocenters. The number of aliphatic hydroxyl groups is 1. The molecule has 0 saturated carbocycles. The Balaban J connectivity index is 1.56. The molecule has 4 amide bonds. The number of rotatable bonds is 15. The summed E-state index contributed by atoms with van der Waals surface area (Å²) in [5, 5.41) is 17.6. The van der Waals surface area contributed by atoms with E-state index in [1.165, 1.54) is 41.9 Å². The van der Waals surface area contributed by atoms with Crippen molar-refractivity contribution in [3.63, 3.8) is 0 Å². The monoisotopic (exact) mass is 928 g/mol. The molecule has 3 aliphatic rings. The third-order valence-electron chi connectivity index (χ3n) is 11.4. The van der Waals surface area contributed by atoms with Crippen LogP contribution < -0.4 is 20.3 Å². The summed E-state index contributed by atoms with van der Waals surface area (Å²) >= 11 is 6.79. The van der Waals surface area contributed by atoms with Crippen LogP contribution in [0.25, 0.3) is 0 Å². The fourth-order valence-corrected chi connectivity index (χ4v) is 10.2. The minimum atomic E-state index is -1.84. The number of nitrogens with one attached hydrogen (secondary N) is 2. The number of likely N-dealkylation sites (N-methyl/N-ethyl adjacent to an activating group) is 1. The van der Waals surface area contributed by atoms with E-state index in [0.717, 1.165) is 17.3 Å². The van der Waals surface area contributed by atoms with E-state index in [9.17, 15) is 29.1 Å². The zero-order valence-electron chi connectivity index (χ0n) is 36.5. The number of benzene rings is 1. The van der Waals surface area contributed by atoms with Crippen molar-refractivity contribution in [2.24, 2.45) is 5.92 Å². The first-order valence-electron chi connectivity index (χ1n) is 20.4. The molecular formula is C42H62ClN4O11PS2. The number of hydrogen-bond acceptors (Lipinski definition) is 13. The van der Waals surface area contributed by atoms with Crippen molar-refractivity contribution in [1.29, 1.82) is 0 Å². The van der Waals surface area contributed by atoms with Crippen molar-refractivity contribution in [2.45, 2.75) is 120 Å². The van der Waals surface area contributed by atoms with Crippen LogP contribution in [-0.4, -0.2) is 134 Å². The van der Waals surface area contributed by atoms with E-state index in [1.54, 1.807) is 62.9 Å². The van der Waals surface area contributed by atoms with Crippen molar-refractivity contribution >= 4 is 77.9 Å². The van der Waals surface area contributed by atoms with E-state index < -0.39 is 65.7 Å². The Kier molecular flexibility index (Phi) is 18.7. The average molecular weight is 930 g/mol. The molecule has 0 radical (unpaired) electrons. The van der Waals surface area contributed by atoms with Crippen LogP contribution in [0.1, 0.15) is 72.3 Å². The van der Waals surface area contributed by atoms with Crippen LogP contribution in [-0.2, 0) is 44.5 Å². The second-order valence-corrected chi connectivity index (χ2v) is 19.9. The van der Waals surface area contributed by atoms with Crippen LogP contribution in [0.4, 0.5) is 10.5 Å². The number of fused-ring (bicyclic) bond motifs is 5. The average Bonchev–Trinajstić information content (AvgIpc) is 3.92. The van der Waals surface area contributed by atoms with Gasteiger partial charge >= 0.3 is 12.1 Å². The zero-order chi connectivity index (χ0) is 45.2. The summed E-state index contributed by atoms with van der Waals surface area (Å²) in [4.78, 5) is 69.1. The number of methoxy groups -OCH3 is 2. The molecule has 1 aromatic carbocycles. The topological polar surface area (TPSA) is 186 Å². The minimum Gasteiger partial charge on any atom is -0.495 e. The molecule has 340 valence electrons. The molecule has 3 aliphatic heterocycles. The standard InChI is InChI=1S/C42H62ClN4O11PS2/c1-24-11-10-12-32(55-9)42(53)23-31(56-40(52)45-42)26(3)38-41(5,58-38)33(22-36(50)47(7)29-20-28(19-24)21-30(54-8)37(29)43)57-39(51)27(4)46(6)35(49)15-18-60-61-25(2)13-14-34(48)44-16-17-59/h10-12,20-21,25-27,31-33,38,53H,13-19,22-23,59H2,1-9H3,(H,44,48)(H,45,52)/b12-10+,24-11+/t25?,26?,27-,31-,32+,33-,38-,41-,42-/m0/s1. The van der Waals surface area contributed by atoms with E-state index in [0.29, 0.717) is 43.0 Å². The number of alkyl carbamates (subject to hydrolysis) is 1. The van der Waals surface area contributed by atoms with Gasteiger partial charge in [0.1, 0.15) is 40.7 Å². The molecule has 1 aromatic rings. The number of hydrogen-bond donors (Lipinski definition) is 3. The van der Waals surface area contributed by atoms with E-state index in [2.05, 4.69) is 19.9 Å². The minimum absolute atomic E-state index is 0.0200. The third kappa shape index (κ3) is 13.2. The summed E-state index contributed by atoms with van der Waals surface area (Å²) in [5.74, 6) is -1.12. The summed E-state index contributed by atoms with van der Waals surface area (Å²) in [5.41, 5.74) is -0.979. The maximum atomic E-state index is 14.2. The van der Waals surface area contributed by atoms with Crippen LogP contribution in [0, 0.1) is 5.92 Å². The molecule has 2 saturated heterocycles. The molecule has 4 bridgehead atoms. The molecular weight excluding hydrogens is 867 g/mol. The lowest BCUT2D eigenvalue weighted by atomic mass is 9.83. The Morgan fingerprint density at radius 2 is 1.93 bits per heavy atom. The maximum absolute atomic E-state index is 14.2. The van der Waals surface area contributed by atoms with Gasteiger partial charge in [-0.1, -0.05) is 70.8 Å².